The van der Waals surface area contributed by atoms with Crippen molar-refractivity contribution in [3.8, 4) is 0 Å². The van der Waals surface area contributed by atoms with Crippen LogP contribution >= 0.6 is 0 Å². The third-order valence-electron chi connectivity index (χ3n) is 3.79. The van der Waals surface area contributed by atoms with Crippen molar-refractivity contribution in [2.45, 2.75) is 45.7 Å². The maximum atomic E-state index is 4.38. The standard InChI is InChI=1S/C17H25N3/c1-4-11-18-17(14(3)20-13-6-12-19-20)16-9-7-15(5-2)8-10-16/h6-10,12-14,17-18H,4-5,11H2,1-3H3. The Bertz CT molecular complexity index is 487. The third kappa shape index (κ3) is 3.48. The summed E-state index contributed by atoms with van der Waals surface area (Å²) in [4.78, 5) is 0. The Morgan fingerprint density at radius 2 is 1.95 bits per heavy atom. The molecule has 2 atom stereocenters. The van der Waals surface area contributed by atoms with Crippen molar-refractivity contribution >= 4 is 0 Å². The van der Waals surface area contributed by atoms with Gasteiger partial charge in [-0.3, -0.25) is 4.68 Å². The summed E-state index contributed by atoms with van der Waals surface area (Å²) in [7, 11) is 0. The van der Waals surface area contributed by atoms with Gasteiger partial charge in [0.15, 0.2) is 0 Å². The average molecular weight is 271 g/mol. The Morgan fingerprint density at radius 3 is 2.50 bits per heavy atom. The molecule has 0 aliphatic rings. The molecule has 0 saturated heterocycles. The van der Waals surface area contributed by atoms with E-state index in [1.54, 1.807) is 0 Å². The van der Waals surface area contributed by atoms with Crippen LogP contribution in [-0.2, 0) is 6.42 Å². The summed E-state index contributed by atoms with van der Waals surface area (Å²) in [5.74, 6) is 0. The van der Waals surface area contributed by atoms with Crippen molar-refractivity contribution in [1.29, 1.82) is 0 Å². The van der Waals surface area contributed by atoms with Gasteiger partial charge in [-0.15, -0.1) is 0 Å². The molecule has 1 N–H and O–H groups in total. The second-order valence-electron chi connectivity index (χ2n) is 5.25. The Kier molecular flexibility index (Phi) is 5.36. The van der Waals surface area contributed by atoms with E-state index in [1.165, 1.54) is 11.1 Å². The van der Waals surface area contributed by atoms with Crippen LogP contribution in [0.25, 0.3) is 0 Å². The van der Waals surface area contributed by atoms with Gasteiger partial charge in [-0.05, 0) is 43.5 Å². The van der Waals surface area contributed by atoms with Gasteiger partial charge in [0, 0.05) is 12.4 Å². The van der Waals surface area contributed by atoms with Gasteiger partial charge in [0.2, 0.25) is 0 Å². The van der Waals surface area contributed by atoms with E-state index in [1.807, 2.05) is 23.1 Å². The fourth-order valence-electron chi connectivity index (χ4n) is 2.50. The topological polar surface area (TPSA) is 29.9 Å². The van der Waals surface area contributed by atoms with Crippen molar-refractivity contribution < 1.29 is 0 Å². The average Bonchev–Trinajstić information content (AvgIpc) is 3.02. The molecule has 108 valence electrons. The minimum Gasteiger partial charge on any atom is -0.308 e. The first-order valence-electron chi connectivity index (χ1n) is 7.57. The minimum absolute atomic E-state index is 0.292. The lowest BCUT2D eigenvalue weighted by atomic mass is 9.98. The number of aryl methyl sites for hydroxylation is 1. The normalized spacial score (nSPS) is 14.2. The quantitative estimate of drug-likeness (QED) is 0.831. The van der Waals surface area contributed by atoms with Crippen molar-refractivity contribution in [2.24, 2.45) is 0 Å². The van der Waals surface area contributed by atoms with E-state index in [0.717, 1.165) is 19.4 Å². The van der Waals surface area contributed by atoms with Crippen LogP contribution in [0.1, 0.15) is 50.4 Å². The van der Waals surface area contributed by atoms with E-state index in [9.17, 15) is 0 Å². The molecule has 2 aromatic rings. The van der Waals surface area contributed by atoms with Crippen LogP contribution in [0.15, 0.2) is 42.7 Å². The van der Waals surface area contributed by atoms with Crippen LogP contribution in [0, 0.1) is 0 Å². The van der Waals surface area contributed by atoms with E-state index in [0.29, 0.717) is 12.1 Å². The molecule has 2 rings (SSSR count). The second-order valence-corrected chi connectivity index (χ2v) is 5.25. The molecular weight excluding hydrogens is 246 g/mol. The lowest BCUT2D eigenvalue weighted by molar-refractivity contribution is 0.354. The van der Waals surface area contributed by atoms with Gasteiger partial charge >= 0.3 is 0 Å². The zero-order valence-electron chi connectivity index (χ0n) is 12.7. The first-order valence-corrected chi connectivity index (χ1v) is 7.57. The van der Waals surface area contributed by atoms with Gasteiger partial charge in [-0.1, -0.05) is 38.1 Å². The molecule has 0 radical (unpaired) electrons. The molecule has 2 unspecified atom stereocenters. The predicted octanol–water partition coefficient (Wildman–Crippen LogP) is 3.75. The van der Waals surface area contributed by atoms with Gasteiger partial charge in [0.1, 0.15) is 0 Å². The molecule has 3 nitrogen and oxygen atoms in total. The van der Waals surface area contributed by atoms with Crippen LogP contribution < -0.4 is 5.32 Å². The molecule has 0 bridgehead atoms. The molecule has 3 heteroatoms. The maximum absolute atomic E-state index is 4.38. The number of nitrogens with one attached hydrogen (secondary N) is 1. The Hall–Kier alpha value is -1.61. The highest BCUT2D eigenvalue weighted by Gasteiger charge is 2.20. The molecule has 0 aliphatic carbocycles. The van der Waals surface area contributed by atoms with E-state index in [-0.39, 0.29) is 0 Å². The summed E-state index contributed by atoms with van der Waals surface area (Å²) >= 11 is 0. The van der Waals surface area contributed by atoms with Crippen LogP contribution in [0.5, 0.6) is 0 Å². The first-order chi connectivity index (χ1) is 9.76. The van der Waals surface area contributed by atoms with Crippen LogP contribution in [-0.4, -0.2) is 16.3 Å². The van der Waals surface area contributed by atoms with Gasteiger partial charge < -0.3 is 5.32 Å². The lowest BCUT2D eigenvalue weighted by Crippen LogP contribution is -2.29. The molecule has 0 fully saturated rings. The smallest absolute Gasteiger partial charge is 0.0685 e. The summed E-state index contributed by atoms with van der Waals surface area (Å²) < 4.78 is 2.03. The van der Waals surface area contributed by atoms with Crippen LogP contribution in [0.3, 0.4) is 0 Å². The van der Waals surface area contributed by atoms with E-state index < -0.39 is 0 Å². The van der Waals surface area contributed by atoms with E-state index in [4.69, 9.17) is 0 Å². The molecule has 0 spiro atoms. The second kappa shape index (κ2) is 7.25. The minimum atomic E-state index is 0.292. The number of hydrogen-bond acceptors (Lipinski definition) is 2. The van der Waals surface area contributed by atoms with Gasteiger partial charge in [0.25, 0.3) is 0 Å². The predicted molar refractivity (Wildman–Crippen MR) is 83.8 cm³/mol. The van der Waals surface area contributed by atoms with Crippen LogP contribution in [0.4, 0.5) is 0 Å². The Morgan fingerprint density at radius 1 is 1.20 bits per heavy atom. The molecule has 0 aliphatic heterocycles. The molecule has 1 aromatic carbocycles. The monoisotopic (exact) mass is 271 g/mol. The summed E-state index contributed by atoms with van der Waals surface area (Å²) in [6.07, 6.45) is 6.09. The Balaban J connectivity index is 2.21. The summed E-state index contributed by atoms with van der Waals surface area (Å²) in [5, 5.41) is 8.03. The van der Waals surface area contributed by atoms with E-state index in [2.05, 4.69) is 55.5 Å². The molecule has 20 heavy (non-hydrogen) atoms. The van der Waals surface area contributed by atoms with Crippen molar-refractivity contribution in [3.63, 3.8) is 0 Å². The summed E-state index contributed by atoms with van der Waals surface area (Å²) in [6.45, 7) is 7.62. The number of benzene rings is 1. The largest absolute Gasteiger partial charge is 0.308 e. The zero-order chi connectivity index (χ0) is 14.4. The molecule has 0 amide bonds. The zero-order valence-corrected chi connectivity index (χ0v) is 12.7. The van der Waals surface area contributed by atoms with Crippen molar-refractivity contribution in [1.82, 2.24) is 15.1 Å². The SMILES string of the molecule is CCCNC(c1ccc(CC)cc1)C(C)n1cccn1. The van der Waals surface area contributed by atoms with Crippen molar-refractivity contribution in [3.05, 3.63) is 53.9 Å². The summed E-state index contributed by atoms with van der Waals surface area (Å²) in [5.41, 5.74) is 2.72. The Labute approximate surface area is 122 Å². The number of aromatic nitrogens is 2. The highest BCUT2D eigenvalue weighted by Crippen LogP contribution is 2.26. The molecular formula is C17H25N3. The maximum Gasteiger partial charge on any atom is 0.0685 e. The third-order valence-corrected chi connectivity index (χ3v) is 3.79. The highest BCUT2D eigenvalue weighted by molar-refractivity contribution is 5.25. The molecule has 1 heterocycles. The van der Waals surface area contributed by atoms with E-state index >= 15 is 0 Å². The first kappa shape index (κ1) is 14.8. The lowest BCUT2D eigenvalue weighted by Gasteiger charge is -2.26. The summed E-state index contributed by atoms with van der Waals surface area (Å²) in [6, 6.07) is 11.5. The number of nitrogens with zero attached hydrogens (tertiary/aromatic N) is 2. The van der Waals surface area contributed by atoms with Gasteiger partial charge in [-0.25, -0.2) is 0 Å². The fourth-order valence-corrected chi connectivity index (χ4v) is 2.50. The molecule has 0 saturated carbocycles. The van der Waals surface area contributed by atoms with Gasteiger partial charge in [-0.2, -0.15) is 5.10 Å². The van der Waals surface area contributed by atoms with Crippen molar-refractivity contribution in [2.75, 3.05) is 6.54 Å². The number of rotatable bonds is 7. The van der Waals surface area contributed by atoms with Gasteiger partial charge in [0.05, 0.1) is 12.1 Å². The number of hydrogen-bond donors (Lipinski definition) is 1. The highest BCUT2D eigenvalue weighted by atomic mass is 15.3. The molecule has 1 aromatic heterocycles. The van der Waals surface area contributed by atoms with Crippen LogP contribution in [0.2, 0.25) is 0 Å². The fraction of sp³-hybridized carbons (Fsp3) is 0.471.